The Morgan fingerprint density at radius 2 is 1.59 bits per heavy atom. The van der Waals surface area contributed by atoms with Crippen LogP contribution in [0.1, 0.15) is 108 Å². The van der Waals surface area contributed by atoms with Crippen molar-refractivity contribution in [3.63, 3.8) is 0 Å². The van der Waals surface area contributed by atoms with E-state index in [-0.39, 0.29) is 31.2 Å². The van der Waals surface area contributed by atoms with Crippen LogP contribution >= 0.6 is 22.7 Å². The fourth-order valence-electron chi connectivity index (χ4n) is 9.06. The number of amides is 3. The van der Waals surface area contributed by atoms with E-state index in [9.17, 15) is 29.4 Å². The molecule has 1 saturated heterocycles. The predicted molar refractivity (Wildman–Crippen MR) is 261 cm³/mol. The number of hydrogen-bond donors (Lipinski definition) is 4. The summed E-state index contributed by atoms with van der Waals surface area (Å²) in [6, 6.07) is 20.0. The molecule has 15 nitrogen and oxygen atoms in total. The summed E-state index contributed by atoms with van der Waals surface area (Å²) in [5.41, 5.74) is 9.64. The first-order valence-electron chi connectivity index (χ1n) is 22.4. The third kappa shape index (κ3) is 8.76. The molecule has 4 aromatic heterocycles. The minimum Gasteiger partial charge on any atom is -0.481 e. The van der Waals surface area contributed by atoms with E-state index >= 15 is 0 Å². The number of furan rings is 1. The molecule has 350 valence electrons. The van der Waals surface area contributed by atoms with Gasteiger partial charge in [-0.3, -0.25) is 28.7 Å². The number of fused-ring (bicyclic) bond motifs is 4. The molecule has 4 N–H and O–H groups in total. The van der Waals surface area contributed by atoms with Crippen LogP contribution in [0.5, 0.6) is 0 Å². The molecule has 5 atom stereocenters. The highest BCUT2D eigenvalue weighted by Gasteiger charge is 2.45. The first-order valence-corrected chi connectivity index (χ1v) is 24.1. The second-order valence-electron chi connectivity index (χ2n) is 18.7. The Hall–Kier alpha value is -6.82. The molecule has 17 heteroatoms. The molecule has 0 bridgehead atoms. The highest BCUT2D eigenvalue weighted by molar-refractivity contribution is 7.15. The zero-order valence-electron chi connectivity index (χ0n) is 38.9. The first kappa shape index (κ1) is 46.3. The molecule has 1 fully saturated rings. The van der Waals surface area contributed by atoms with Gasteiger partial charge in [0.1, 0.15) is 34.5 Å². The number of aliphatic imine (C=N–C) groups is 1. The molecule has 2 aliphatic heterocycles. The van der Waals surface area contributed by atoms with Crippen molar-refractivity contribution in [2.24, 2.45) is 10.4 Å². The zero-order valence-corrected chi connectivity index (χ0v) is 40.6. The number of thiophene rings is 1. The number of carboxylic acids is 1. The largest absolute Gasteiger partial charge is 0.481 e. The van der Waals surface area contributed by atoms with Crippen molar-refractivity contribution in [1.82, 2.24) is 35.3 Å². The number of rotatable bonds is 11. The quantitative estimate of drug-likeness (QED) is 0.0974. The molecule has 0 radical (unpaired) electrons. The van der Waals surface area contributed by atoms with Crippen LogP contribution in [0.25, 0.3) is 37.5 Å². The molecule has 3 aromatic carbocycles. The van der Waals surface area contributed by atoms with Gasteiger partial charge in [-0.05, 0) is 86.1 Å². The molecular weight excluding hydrogens is 901 g/mol. The Balaban J connectivity index is 0.912. The van der Waals surface area contributed by atoms with Gasteiger partial charge in [0.05, 0.1) is 40.4 Å². The number of nitrogens with zero attached hydrogens (tertiary/aromatic N) is 6. The molecule has 68 heavy (non-hydrogen) atoms. The molecule has 3 amide bonds. The molecule has 0 unspecified atom stereocenters. The highest BCUT2D eigenvalue weighted by Crippen LogP contribution is 2.40. The monoisotopic (exact) mass is 952 g/mol. The lowest BCUT2D eigenvalue weighted by atomic mass is 9.85. The van der Waals surface area contributed by atoms with Crippen molar-refractivity contribution >= 4 is 63.0 Å². The summed E-state index contributed by atoms with van der Waals surface area (Å²) in [5.74, 6) is -1.28. The summed E-state index contributed by atoms with van der Waals surface area (Å²) < 4.78 is 7.98. The van der Waals surface area contributed by atoms with Gasteiger partial charge >= 0.3 is 5.97 Å². The number of β-amino-alcohol motifs (C(OH)–C–C–N with tert-alkyl or cyclic N) is 1. The number of benzene rings is 3. The molecule has 7 aromatic rings. The lowest BCUT2D eigenvalue weighted by Gasteiger charge is -2.35. The zero-order chi connectivity index (χ0) is 48.3. The number of carboxylic acid groups (broad SMARTS) is 1. The van der Waals surface area contributed by atoms with Gasteiger partial charge in [-0.15, -0.1) is 32.9 Å². The summed E-state index contributed by atoms with van der Waals surface area (Å²) in [5, 5.41) is 36.8. The second kappa shape index (κ2) is 18.0. The third-order valence-corrected chi connectivity index (χ3v) is 15.0. The van der Waals surface area contributed by atoms with Gasteiger partial charge < -0.3 is 30.2 Å². The van der Waals surface area contributed by atoms with E-state index in [1.54, 1.807) is 34.8 Å². The van der Waals surface area contributed by atoms with Crippen molar-refractivity contribution in [1.29, 1.82) is 0 Å². The number of aliphatic hydroxyl groups excluding tert-OH is 1. The third-order valence-electron chi connectivity index (χ3n) is 12.9. The van der Waals surface area contributed by atoms with Crippen molar-refractivity contribution in [3.8, 4) is 26.6 Å². The Morgan fingerprint density at radius 3 is 2.26 bits per heavy atom. The SMILES string of the molecule is Cc1ncsc1-c1ccc([C@H](C)NC(=O)[C@@H]2C[C@@H](O)CN2C(=O)[C@@H](NC(=O)c2cc3cc(-c4ccc(C5=N[C@@H](CC(=O)O)c6nnc(C)n6-c6sc(C)c(C)c65)cc4)ccc3o2)C(C)(C)C)cc1. The topological polar surface area (TPSA) is 205 Å². The molecule has 0 saturated carbocycles. The maximum Gasteiger partial charge on any atom is 0.306 e. The molecule has 0 spiro atoms. The highest BCUT2D eigenvalue weighted by atomic mass is 32.1. The van der Waals surface area contributed by atoms with Crippen LogP contribution < -0.4 is 10.6 Å². The Labute approximate surface area is 401 Å². The lowest BCUT2D eigenvalue weighted by Crippen LogP contribution is -2.57. The van der Waals surface area contributed by atoms with Gasteiger partial charge in [0.15, 0.2) is 11.6 Å². The number of aliphatic carboxylic acids is 1. The average molecular weight is 953 g/mol. The van der Waals surface area contributed by atoms with Crippen molar-refractivity contribution in [2.75, 3.05) is 6.54 Å². The van der Waals surface area contributed by atoms with Crippen LogP contribution in [-0.2, 0) is 14.4 Å². The van der Waals surface area contributed by atoms with Crippen LogP contribution in [0.2, 0.25) is 0 Å². The number of aliphatic hydroxyl groups is 1. The second-order valence-corrected chi connectivity index (χ2v) is 20.8. The predicted octanol–water partition coefficient (Wildman–Crippen LogP) is 8.45. The number of carbonyl (C=O) groups is 4. The average Bonchev–Trinajstić information content (AvgIpc) is 4.14. The van der Waals surface area contributed by atoms with Crippen LogP contribution in [-0.4, -0.2) is 89.0 Å². The number of carbonyl (C=O) groups excluding carboxylic acids is 3. The summed E-state index contributed by atoms with van der Waals surface area (Å²) in [6.45, 7) is 15.2. The summed E-state index contributed by atoms with van der Waals surface area (Å²) in [6.07, 6.45) is -1.09. The minimum absolute atomic E-state index is 0.0144. The number of thiazole rings is 1. The number of hydrogen-bond acceptors (Lipinski definition) is 12. The Bertz CT molecular complexity index is 3140. The summed E-state index contributed by atoms with van der Waals surface area (Å²) >= 11 is 3.17. The smallest absolute Gasteiger partial charge is 0.306 e. The minimum atomic E-state index is -1.06. The standard InChI is InChI=1S/C51H52N8O7S2/c1-25-28(4)68-50-42(25)43(54-37(22-41(61)62)46-57-56-29(5)59(46)50)32-13-11-31(12-14-32)34-17-18-39-35(19-34)20-40(66-39)48(64)55-45(51(6,7)8)49(65)58-23-36(60)21-38(58)47(63)53-26(2)30-9-15-33(16-10-30)44-27(3)52-24-67-44/h9-20,24,26,36-38,45,60H,21-23H2,1-8H3,(H,53,63)(H,55,64)(H,61,62)/t26-,36+,37-,38-,45+/m0/s1. The molecular formula is C51H52N8O7S2. The van der Waals surface area contributed by atoms with Gasteiger partial charge in [-0.25, -0.2) is 4.98 Å². The molecule has 6 heterocycles. The molecule has 9 rings (SSSR count). The molecule has 0 aliphatic carbocycles. The number of likely N-dealkylation sites (tertiary alicyclic amines) is 1. The fourth-order valence-corrected chi connectivity index (χ4v) is 11.1. The van der Waals surface area contributed by atoms with Crippen LogP contribution in [0.4, 0.5) is 0 Å². The van der Waals surface area contributed by atoms with Gasteiger partial charge in [0.25, 0.3) is 5.91 Å². The number of nitrogens with one attached hydrogen (secondary N) is 2. The van der Waals surface area contributed by atoms with Crippen molar-refractivity contribution < 1.29 is 33.8 Å². The van der Waals surface area contributed by atoms with Crippen molar-refractivity contribution in [3.05, 3.63) is 129 Å². The maximum absolute atomic E-state index is 14.4. The first-order chi connectivity index (χ1) is 32.4. The van der Waals surface area contributed by atoms with Gasteiger partial charge in [-0.1, -0.05) is 75.4 Å². The normalized spacial score (nSPS) is 17.8. The van der Waals surface area contributed by atoms with E-state index in [1.165, 1.54) is 4.90 Å². The fraction of sp³-hybridized carbons (Fsp3) is 0.333. The van der Waals surface area contributed by atoms with E-state index in [0.717, 1.165) is 59.4 Å². The Morgan fingerprint density at radius 1 is 0.897 bits per heavy atom. The summed E-state index contributed by atoms with van der Waals surface area (Å²) in [7, 11) is 0. The summed E-state index contributed by atoms with van der Waals surface area (Å²) in [4.78, 5) is 67.2. The van der Waals surface area contributed by atoms with Gasteiger partial charge in [0.2, 0.25) is 11.8 Å². The number of aryl methyl sites for hydroxylation is 3. The van der Waals surface area contributed by atoms with E-state index in [4.69, 9.17) is 9.41 Å². The van der Waals surface area contributed by atoms with Crippen molar-refractivity contribution in [2.45, 2.75) is 98.5 Å². The Kier molecular flexibility index (Phi) is 12.3. The van der Waals surface area contributed by atoms with E-state index in [2.05, 4.69) is 32.7 Å². The molecule has 2 aliphatic rings. The van der Waals surface area contributed by atoms with Crippen LogP contribution in [0.3, 0.4) is 0 Å². The van der Waals surface area contributed by atoms with E-state index in [1.807, 2.05) is 119 Å². The maximum atomic E-state index is 14.4. The number of aromatic nitrogens is 4. The lowest BCUT2D eigenvalue weighted by molar-refractivity contribution is -0.142. The van der Waals surface area contributed by atoms with Crippen LogP contribution in [0.15, 0.2) is 87.7 Å². The van der Waals surface area contributed by atoms with Gasteiger partial charge in [0, 0.05) is 34.4 Å². The van der Waals surface area contributed by atoms with E-state index < -0.39 is 53.3 Å². The van der Waals surface area contributed by atoms with Crippen LogP contribution in [0, 0.1) is 33.1 Å². The van der Waals surface area contributed by atoms with Gasteiger partial charge in [-0.2, -0.15) is 0 Å². The van der Waals surface area contributed by atoms with E-state index in [0.29, 0.717) is 28.3 Å².